The van der Waals surface area contributed by atoms with Gasteiger partial charge in [-0.1, -0.05) is 6.42 Å². The van der Waals surface area contributed by atoms with Crippen LogP contribution in [0.5, 0.6) is 0 Å². The molecular formula is C14H19FN2O5S. The molecule has 3 N–H and O–H groups in total. The quantitative estimate of drug-likeness (QED) is 0.588. The number of anilines is 1. The van der Waals surface area contributed by atoms with E-state index in [1.807, 2.05) is 0 Å². The molecule has 0 saturated carbocycles. The Morgan fingerprint density at radius 1 is 1.22 bits per heavy atom. The highest BCUT2D eigenvalue weighted by atomic mass is 32.2. The molecule has 0 aromatic heterocycles. The van der Waals surface area contributed by atoms with Gasteiger partial charge in [0.2, 0.25) is 10.0 Å². The first-order chi connectivity index (χ1) is 10.7. The van der Waals surface area contributed by atoms with Gasteiger partial charge in [0, 0.05) is 13.0 Å². The molecule has 0 heterocycles. The van der Waals surface area contributed by atoms with Crippen LogP contribution < -0.4 is 10.0 Å². The van der Waals surface area contributed by atoms with Gasteiger partial charge in [-0.3, -0.25) is 14.3 Å². The lowest BCUT2D eigenvalue weighted by atomic mass is 10.1. The number of halogens is 1. The van der Waals surface area contributed by atoms with Crippen molar-refractivity contribution in [2.75, 3.05) is 17.5 Å². The van der Waals surface area contributed by atoms with Crippen LogP contribution in [0.1, 0.15) is 36.0 Å². The van der Waals surface area contributed by atoms with E-state index >= 15 is 0 Å². The minimum atomic E-state index is -3.59. The number of benzene rings is 1. The first-order valence-corrected chi connectivity index (χ1v) is 8.85. The van der Waals surface area contributed by atoms with Gasteiger partial charge in [-0.25, -0.2) is 12.8 Å². The number of carboxylic acids is 1. The van der Waals surface area contributed by atoms with Crippen molar-refractivity contribution in [2.24, 2.45) is 0 Å². The number of nitrogens with one attached hydrogen (secondary N) is 2. The zero-order valence-electron chi connectivity index (χ0n) is 12.6. The Kier molecular flexibility index (Phi) is 6.95. The van der Waals surface area contributed by atoms with E-state index in [1.54, 1.807) is 0 Å². The highest BCUT2D eigenvalue weighted by Crippen LogP contribution is 2.18. The molecule has 1 aromatic rings. The summed E-state index contributed by atoms with van der Waals surface area (Å²) in [4.78, 5) is 22.4. The van der Waals surface area contributed by atoms with Crippen LogP contribution in [0.2, 0.25) is 0 Å². The largest absolute Gasteiger partial charge is 0.481 e. The zero-order valence-corrected chi connectivity index (χ0v) is 13.5. The molecule has 128 valence electrons. The van der Waals surface area contributed by atoms with Crippen LogP contribution >= 0.6 is 0 Å². The third kappa shape index (κ3) is 7.59. The van der Waals surface area contributed by atoms with Crippen LogP contribution in [0.15, 0.2) is 18.2 Å². The molecule has 0 spiro atoms. The summed E-state index contributed by atoms with van der Waals surface area (Å²) < 4.78 is 38.0. The normalized spacial score (nSPS) is 11.0. The number of sulfonamides is 1. The summed E-state index contributed by atoms with van der Waals surface area (Å²) >= 11 is 0. The van der Waals surface area contributed by atoms with E-state index in [0.717, 1.165) is 18.4 Å². The maximum atomic E-state index is 13.3. The molecule has 0 saturated heterocycles. The Morgan fingerprint density at radius 3 is 2.52 bits per heavy atom. The molecule has 23 heavy (non-hydrogen) atoms. The lowest BCUT2D eigenvalue weighted by Crippen LogP contribution is -2.26. The SMILES string of the molecule is CS(=O)(=O)Nc1ccc(F)cc1C(=O)NCCCCCC(=O)O. The van der Waals surface area contributed by atoms with Crippen LogP contribution in [0.25, 0.3) is 0 Å². The Morgan fingerprint density at radius 2 is 1.91 bits per heavy atom. The number of rotatable bonds is 9. The fraction of sp³-hybridized carbons (Fsp3) is 0.429. The van der Waals surface area contributed by atoms with E-state index < -0.39 is 27.7 Å². The van der Waals surface area contributed by atoms with Gasteiger partial charge in [0.25, 0.3) is 5.91 Å². The van der Waals surface area contributed by atoms with E-state index in [0.29, 0.717) is 19.3 Å². The predicted octanol–water partition coefficient (Wildman–Crippen LogP) is 1.57. The molecule has 1 amide bonds. The second-order valence-corrected chi connectivity index (χ2v) is 6.77. The van der Waals surface area contributed by atoms with Crippen molar-refractivity contribution in [1.82, 2.24) is 5.32 Å². The summed E-state index contributed by atoms with van der Waals surface area (Å²) in [5, 5.41) is 11.0. The molecule has 0 radical (unpaired) electrons. The maximum absolute atomic E-state index is 13.3. The zero-order chi connectivity index (χ0) is 17.5. The molecule has 0 aliphatic rings. The van der Waals surface area contributed by atoms with Gasteiger partial charge in [0.1, 0.15) is 5.82 Å². The molecule has 0 aliphatic heterocycles. The average molecular weight is 346 g/mol. The summed E-state index contributed by atoms with van der Waals surface area (Å²) in [6.45, 7) is 0.285. The lowest BCUT2D eigenvalue weighted by Gasteiger charge is -2.11. The number of hydrogen-bond donors (Lipinski definition) is 3. The number of carboxylic acid groups (broad SMARTS) is 1. The van der Waals surface area contributed by atoms with Crippen LogP contribution in [0.4, 0.5) is 10.1 Å². The van der Waals surface area contributed by atoms with Crippen LogP contribution in [-0.2, 0) is 14.8 Å². The number of carbonyl (C=O) groups is 2. The fourth-order valence-corrected chi connectivity index (χ4v) is 2.45. The number of amides is 1. The van der Waals surface area contributed by atoms with Crippen molar-refractivity contribution >= 4 is 27.6 Å². The molecule has 0 aliphatic carbocycles. The molecule has 1 aromatic carbocycles. The van der Waals surface area contributed by atoms with E-state index in [9.17, 15) is 22.4 Å². The monoisotopic (exact) mass is 346 g/mol. The van der Waals surface area contributed by atoms with Crippen LogP contribution in [-0.4, -0.2) is 38.2 Å². The number of carbonyl (C=O) groups excluding carboxylic acids is 1. The Balaban J connectivity index is 2.61. The average Bonchev–Trinajstić information content (AvgIpc) is 2.42. The highest BCUT2D eigenvalue weighted by molar-refractivity contribution is 7.92. The van der Waals surface area contributed by atoms with Gasteiger partial charge in [-0.2, -0.15) is 0 Å². The first-order valence-electron chi connectivity index (χ1n) is 6.96. The summed E-state index contributed by atoms with van der Waals surface area (Å²) in [6, 6.07) is 3.18. The van der Waals surface area contributed by atoms with Gasteiger partial charge in [-0.05, 0) is 31.0 Å². The first kappa shape index (κ1) is 18.9. The van der Waals surface area contributed by atoms with Crippen LogP contribution in [0.3, 0.4) is 0 Å². The summed E-state index contributed by atoms with van der Waals surface area (Å²) in [6.07, 6.45) is 2.71. The predicted molar refractivity (Wildman–Crippen MR) is 83.3 cm³/mol. The van der Waals surface area contributed by atoms with Gasteiger partial charge >= 0.3 is 5.97 Å². The summed E-state index contributed by atoms with van der Waals surface area (Å²) in [5.41, 5.74) is -0.113. The van der Waals surface area contributed by atoms with Crippen LogP contribution in [0, 0.1) is 5.82 Å². The smallest absolute Gasteiger partial charge is 0.303 e. The Hall–Kier alpha value is -2.16. The molecule has 0 fully saturated rings. The van der Waals surface area contributed by atoms with Crippen molar-refractivity contribution in [3.05, 3.63) is 29.6 Å². The Bertz CT molecular complexity index is 676. The van der Waals surface area contributed by atoms with Crippen molar-refractivity contribution in [1.29, 1.82) is 0 Å². The van der Waals surface area contributed by atoms with Crippen molar-refractivity contribution in [3.63, 3.8) is 0 Å². The molecule has 7 nitrogen and oxygen atoms in total. The summed E-state index contributed by atoms with van der Waals surface area (Å²) in [7, 11) is -3.59. The molecule has 0 bridgehead atoms. The lowest BCUT2D eigenvalue weighted by molar-refractivity contribution is -0.137. The van der Waals surface area contributed by atoms with E-state index in [-0.39, 0.29) is 24.2 Å². The molecule has 0 unspecified atom stereocenters. The van der Waals surface area contributed by atoms with Crippen molar-refractivity contribution in [3.8, 4) is 0 Å². The number of aliphatic carboxylic acids is 1. The van der Waals surface area contributed by atoms with Gasteiger partial charge in [0.15, 0.2) is 0 Å². The molecule has 0 atom stereocenters. The van der Waals surface area contributed by atoms with Crippen molar-refractivity contribution < 1.29 is 27.5 Å². The minimum Gasteiger partial charge on any atom is -0.481 e. The third-order valence-corrected chi connectivity index (χ3v) is 3.47. The van der Waals surface area contributed by atoms with Gasteiger partial charge in [-0.15, -0.1) is 0 Å². The number of hydrogen-bond acceptors (Lipinski definition) is 4. The maximum Gasteiger partial charge on any atom is 0.303 e. The van der Waals surface area contributed by atoms with Gasteiger partial charge in [0.05, 0.1) is 17.5 Å². The van der Waals surface area contributed by atoms with E-state index in [2.05, 4.69) is 10.0 Å². The molecular weight excluding hydrogens is 327 g/mol. The standard InChI is InChI=1S/C14H19FN2O5S/c1-23(21,22)17-12-7-6-10(15)9-11(12)14(20)16-8-4-2-3-5-13(18)19/h6-7,9,17H,2-5,8H2,1H3,(H,16,20)(H,18,19). The number of unbranched alkanes of at least 4 members (excludes halogenated alkanes) is 2. The van der Waals surface area contributed by atoms with Gasteiger partial charge < -0.3 is 10.4 Å². The van der Waals surface area contributed by atoms with E-state index in [4.69, 9.17) is 5.11 Å². The molecule has 9 heteroatoms. The van der Waals surface area contributed by atoms with Crippen molar-refractivity contribution in [2.45, 2.75) is 25.7 Å². The fourth-order valence-electron chi connectivity index (χ4n) is 1.87. The third-order valence-electron chi connectivity index (χ3n) is 2.87. The summed E-state index contributed by atoms with van der Waals surface area (Å²) in [5.74, 6) is -2.13. The minimum absolute atomic E-state index is 0.00252. The second kappa shape index (κ2) is 8.47. The topological polar surface area (TPSA) is 113 Å². The Labute approximate surface area is 133 Å². The highest BCUT2D eigenvalue weighted by Gasteiger charge is 2.15. The second-order valence-electron chi connectivity index (χ2n) is 5.02. The molecule has 1 rings (SSSR count). The van der Waals surface area contributed by atoms with E-state index in [1.165, 1.54) is 6.07 Å².